The molecule has 0 radical (unpaired) electrons. The molecule has 0 aromatic heterocycles. The number of carbonyl (C=O) groups excluding carboxylic acids is 1. The average Bonchev–Trinajstić information content (AvgIpc) is 2.37. The van der Waals surface area contributed by atoms with E-state index in [9.17, 15) is 18.0 Å². The summed E-state index contributed by atoms with van der Waals surface area (Å²) in [4.78, 5) is 11.2. The molecular weight excluding hydrogens is 263 g/mol. The molecular formula is C12H14F3NO3. The van der Waals surface area contributed by atoms with Crippen molar-refractivity contribution >= 4 is 5.97 Å². The Kier molecular flexibility index (Phi) is 5.62. The van der Waals surface area contributed by atoms with Gasteiger partial charge in [-0.3, -0.25) is 0 Å². The average molecular weight is 277 g/mol. The molecule has 0 heterocycles. The highest BCUT2D eigenvalue weighted by molar-refractivity contribution is 5.75. The van der Waals surface area contributed by atoms with Crippen molar-refractivity contribution < 1.29 is 27.4 Å². The molecule has 4 nitrogen and oxygen atoms in total. The summed E-state index contributed by atoms with van der Waals surface area (Å²) in [6, 6.07) is 3.85. The molecule has 0 aliphatic heterocycles. The molecule has 19 heavy (non-hydrogen) atoms. The maximum atomic E-state index is 13.6. The second kappa shape index (κ2) is 6.98. The molecule has 0 bridgehead atoms. The second-order valence-electron chi connectivity index (χ2n) is 3.63. The lowest BCUT2D eigenvalue weighted by Gasteiger charge is -2.16. The molecule has 2 atom stereocenters. The SMILES string of the molecule is CCOC(=O)C(F)[C@H](N)c1ccc(OC(F)F)cc1. The molecule has 0 spiro atoms. The normalized spacial score (nSPS) is 14.0. The summed E-state index contributed by atoms with van der Waals surface area (Å²) in [5.74, 6) is -1.12. The first-order valence-electron chi connectivity index (χ1n) is 5.56. The summed E-state index contributed by atoms with van der Waals surface area (Å²) < 4.78 is 46.1. The van der Waals surface area contributed by atoms with Crippen LogP contribution in [0.25, 0.3) is 0 Å². The Bertz CT molecular complexity index is 411. The lowest BCUT2D eigenvalue weighted by molar-refractivity contribution is -0.149. The zero-order chi connectivity index (χ0) is 14.4. The minimum Gasteiger partial charge on any atom is -0.464 e. The van der Waals surface area contributed by atoms with Gasteiger partial charge in [0.1, 0.15) is 5.75 Å². The van der Waals surface area contributed by atoms with Crippen molar-refractivity contribution in [2.45, 2.75) is 25.7 Å². The van der Waals surface area contributed by atoms with Crippen molar-refractivity contribution in [3.63, 3.8) is 0 Å². The third-order valence-electron chi connectivity index (χ3n) is 2.32. The van der Waals surface area contributed by atoms with E-state index in [-0.39, 0.29) is 17.9 Å². The summed E-state index contributed by atoms with van der Waals surface area (Å²) >= 11 is 0. The van der Waals surface area contributed by atoms with Gasteiger partial charge in [0.25, 0.3) is 0 Å². The van der Waals surface area contributed by atoms with Crippen LogP contribution in [0.4, 0.5) is 13.2 Å². The quantitative estimate of drug-likeness (QED) is 0.810. The van der Waals surface area contributed by atoms with Gasteiger partial charge in [0.2, 0.25) is 6.17 Å². The van der Waals surface area contributed by atoms with Gasteiger partial charge in [0.15, 0.2) is 0 Å². The van der Waals surface area contributed by atoms with E-state index in [2.05, 4.69) is 9.47 Å². The van der Waals surface area contributed by atoms with Gasteiger partial charge >= 0.3 is 12.6 Å². The first kappa shape index (κ1) is 15.3. The molecule has 1 aromatic carbocycles. The predicted molar refractivity (Wildman–Crippen MR) is 61.5 cm³/mol. The van der Waals surface area contributed by atoms with Crippen molar-refractivity contribution in [3.8, 4) is 5.75 Å². The number of alkyl halides is 3. The zero-order valence-corrected chi connectivity index (χ0v) is 10.2. The predicted octanol–water partition coefficient (Wildman–Crippen LogP) is 2.19. The number of hydrogen-bond donors (Lipinski definition) is 1. The van der Waals surface area contributed by atoms with Crippen molar-refractivity contribution in [2.75, 3.05) is 6.61 Å². The third-order valence-corrected chi connectivity index (χ3v) is 2.32. The number of benzene rings is 1. The van der Waals surface area contributed by atoms with E-state index in [1.54, 1.807) is 6.92 Å². The van der Waals surface area contributed by atoms with Crippen molar-refractivity contribution in [2.24, 2.45) is 5.73 Å². The molecule has 0 aliphatic carbocycles. The Labute approximate surface area is 108 Å². The summed E-state index contributed by atoms with van der Waals surface area (Å²) in [7, 11) is 0. The molecule has 2 N–H and O–H groups in total. The smallest absolute Gasteiger partial charge is 0.387 e. The Morgan fingerprint density at radius 1 is 1.26 bits per heavy atom. The van der Waals surface area contributed by atoms with Crippen molar-refractivity contribution in [3.05, 3.63) is 29.8 Å². The Morgan fingerprint density at radius 3 is 2.32 bits per heavy atom. The van der Waals surface area contributed by atoms with Crippen LogP contribution in [-0.2, 0) is 9.53 Å². The van der Waals surface area contributed by atoms with Crippen LogP contribution in [0.5, 0.6) is 5.75 Å². The molecule has 1 unspecified atom stereocenters. The Hall–Kier alpha value is -1.76. The first-order chi connectivity index (χ1) is 8.95. The number of halogens is 3. The monoisotopic (exact) mass is 277 g/mol. The third kappa shape index (κ3) is 4.44. The maximum Gasteiger partial charge on any atom is 0.387 e. The van der Waals surface area contributed by atoms with Gasteiger partial charge in [-0.15, -0.1) is 0 Å². The molecule has 0 amide bonds. The van der Waals surface area contributed by atoms with Gasteiger partial charge in [0.05, 0.1) is 12.6 Å². The fourth-order valence-electron chi connectivity index (χ4n) is 1.41. The van der Waals surface area contributed by atoms with E-state index in [0.717, 1.165) is 0 Å². The zero-order valence-electron chi connectivity index (χ0n) is 10.2. The van der Waals surface area contributed by atoms with Crippen molar-refractivity contribution in [1.82, 2.24) is 0 Å². The number of nitrogens with two attached hydrogens (primary N) is 1. The molecule has 0 saturated heterocycles. The van der Waals surface area contributed by atoms with Crippen LogP contribution in [0.3, 0.4) is 0 Å². The van der Waals surface area contributed by atoms with Gasteiger partial charge in [-0.25, -0.2) is 9.18 Å². The summed E-state index contributed by atoms with van der Waals surface area (Å²) in [5.41, 5.74) is 5.84. The van der Waals surface area contributed by atoms with E-state index in [4.69, 9.17) is 5.73 Å². The second-order valence-corrected chi connectivity index (χ2v) is 3.63. The van der Waals surface area contributed by atoms with Crippen LogP contribution in [0.2, 0.25) is 0 Å². The van der Waals surface area contributed by atoms with E-state index >= 15 is 0 Å². The Balaban J connectivity index is 2.71. The summed E-state index contributed by atoms with van der Waals surface area (Å²) in [6.07, 6.45) is -2.01. The van der Waals surface area contributed by atoms with E-state index < -0.39 is 24.8 Å². The number of ether oxygens (including phenoxy) is 2. The molecule has 7 heteroatoms. The first-order valence-corrected chi connectivity index (χ1v) is 5.56. The summed E-state index contributed by atoms with van der Waals surface area (Å²) in [5, 5.41) is 0. The fraction of sp³-hybridized carbons (Fsp3) is 0.417. The molecule has 1 aromatic rings. The highest BCUT2D eigenvalue weighted by Gasteiger charge is 2.27. The van der Waals surface area contributed by atoms with Crippen LogP contribution in [0.1, 0.15) is 18.5 Å². The largest absolute Gasteiger partial charge is 0.464 e. The molecule has 0 saturated carbocycles. The van der Waals surface area contributed by atoms with Crippen LogP contribution in [0, 0.1) is 0 Å². The minimum absolute atomic E-state index is 0.0487. The van der Waals surface area contributed by atoms with Gasteiger partial charge in [-0.1, -0.05) is 12.1 Å². The summed E-state index contributed by atoms with van der Waals surface area (Å²) in [6.45, 7) is -1.34. The number of rotatable bonds is 6. The lowest BCUT2D eigenvalue weighted by atomic mass is 10.0. The molecule has 0 aliphatic rings. The van der Waals surface area contributed by atoms with Crippen LogP contribution < -0.4 is 10.5 Å². The van der Waals surface area contributed by atoms with E-state index in [1.807, 2.05) is 0 Å². The van der Waals surface area contributed by atoms with E-state index in [1.165, 1.54) is 24.3 Å². The minimum atomic E-state index is -2.94. The van der Waals surface area contributed by atoms with E-state index in [0.29, 0.717) is 0 Å². The van der Waals surface area contributed by atoms with Crippen LogP contribution >= 0.6 is 0 Å². The Morgan fingerprint density at radius 2 is 1.84 bits per heavy atom. The van der Waals surface area contributed by atoms with Crippen molar-refractivity contribution in [1.29, 1.82) is 0 Å². The van der Waals surface area contributed by atoms with Gasteiger partial charge in [0, 0.05) is 0 Å². The van der Waals surface area contributed by atoms with Gasteiger partial charge < -0.3 is 15.2 Å². The standard InChI is InChI=1S/C12H14F3NO3/c1-2-18-11(17)9(13)10(16)7-3-5-8(6-4-7)19-12(14)15/h3-6,9-10,12H,2,16H2,1H3/t9?,10-/m1/s1. The fourth-order valence-corrected chi connectivity index (χ4v) is 1.41. The van der Waals surface area contributed by atoms with Gasteiger partial charge in [-0.2, -0.15) is 8.78 Å². The maximum absolute atomic E-state index is 13.6. The molecule has 0 fully saturated rings. The number of esters is 1. The lowest BCUT2D eigenvalue weighted by Crippen LogP contribution is -2.31. The van der Waals surface area contributed by atoms with Crippen LogP contribution in [-0.4, -0.2) is 25.4 Å². The molecule has 1 rings (SSSR count). The van der Waals surface area contributed by atoms with Crippen LogP contribution in [0.15, 0.2) is 24.3 Å². The highest BCUT2D eigenvalue weighted by atomic mass is 19.3. The number of carbonyl (C=O) groups is 1. The highest BCUT2D eigenvalue weighted by Crippen LogP contribution is 2.22. The molecule has 106 valence electrons. The number of hydrogen-bond acceptors (Lipinski definition) is 4. The van der Waals surface area contributed by atoms with Gasteiger partial charge in [-0.05, 0) is 24.6 Å². The topological polar surface area (TPSA) is 61.5 Å².